The zero-order chi connectivity index (χ0) is 67.5. The van der Waals surface area contributed by atoms with Crippen LogP contribution in [0.15, 0.2) is 0 Å². The molecule has 0 rings (SSSR count). The predicted octanol–water partition coefficient (Wildman–Crippen LogP) is 20.5. The van der Waals surface area contributed by atoms with Crippen LogP contribution in [-0.4, -0.2) is 96.7 Å². The van der Waals surface area contributed by atoms with E-state index in [1.807, 2.05) is 0 Å². The summed E-state index contributed by atoms with van der Waals surface area (Å²) in [5.74, 6) is 0.810. The van der Waals surface area contributed by atoms with E-state index in [-0.39, 0.29) is 25.7 Å². The van der Waals surface area contributed by atoms with Crippen LogP contribution in [0.4, 0.5) is 0 Å². The summed E-state index contributed by atoms with van der Waals surface area (Å²) in [6.07, 6.45) is 44.8. The number of phosphoric ester groups is 2. The SMILES string of the molecule is CC(C)CCCCCCCCCCCCCCCCCCC(=O)O[C@H](COC(=O)CCCCCCCCCC(C)C)COP(=O)(O)OCC(O)COP(=O)(O)OC[C@@H](COC(=O)CCCCCCCCCCCCC(C)C)OC(=O)CCCCCCCCC(C)C. The highest BCUT2D eigenvalue weighted by Crippen LogP contribution is 2.45. The molecular formula is C72H140O17P2. The number of rotatable bonds is 69. The maximum atomic E-state index is 13.0. The number of unbranched alkanes of at least 4 members (excludes halogenated alkanes) is 35. The molecule has 0 heterocycles. The molecule has 540 valence electrons. The number of carbonyl (C=O) groups is 4. The average molecular weight is 1340 g/mol. The number of aliphatic hydroxyl groups is 1. The molecular weight excluding hydrogens is 1200 g/mol. The number of ether oxygens (including phenoxy) is 4. The van der Waals surface area contributed by atoms with Crippen LogP contribution >= 0.6 is 15.6 Å². The molecule has 19 heteroatoms. The van der Waals surface area contributed by atoms with Gasteiger partial charge in [-0.3, -0.25) is 37.3 Å². The summed E-state index contributed by atoms with van der Waals surface area (Å²) in [6, 6.07) is 0. The molecule has 3 N–H and O–H groups in total. The highest BCUT2D eigenvalue weighted by atomic mass is 31.2. The van der Waals surface area contributed by atoms with E-state index in [9.17, 15) is 43.2 Å². The van der Waals surface area contributed by atoms with Crippen LogP contribution in [0.1, 0.15) is 357 Å². The van der Waals surface area contributed by atoms with Crippen molar-refractivity contribution in [1.29, 1.82) is 0 Å². The van der Waals surface area contributed by atoms with Gasteiger partial charge in [0, 0.05) is 25.7 Å². The Morgan fingerprint density at radius 1 is 0.275 bits per heavy atom. The molecule has 0 aromatic heterocycles. The van der Waals surface area contributed by atoms with Crippen molar-refractivity contribution in [2.75, 3.05) is 39.6 Å². The first-order chi connectivity index (χ1) is 43.6. The van der Waals surface area contributed by atoms with Gasteiger partial charge in [0.15, 0.2) is 12.2 Å². The van der Waals surface area contributed by atoms with E-state index in [4.69, 9.17) is 37.0 Å². The molecule has 3 unspecified atom stereocenters. The molecule has 0 saturated heterocycles. The number of hydrogen-bond donors (Lipinski definition) is 3. The van der Waals surface area contributed by atoms with Crippen molar-refractivity contribution in [2.24, 2.45) is 23.7 Å². The van der Waals surface area contributed by atoms with Crippen LogP contribution in [0, 0.1) is 23.7 Å². The van der Waals surface area contributed by atoms with Crippen LogP contribution in [0.25, 0.3) is 0 Å². The lowest BCUT2D eigenvalue weighted by molar-refractivity contribution is -0.161. The summed E-state index contributed by atoms with van der Waals surface area (Å²) in [7, 11) is -9.90. The van der Waals surface area contributed by atoms with Crippen LogP contribution in [0.5, 0.6) is 0 Å². The van der Waals surface area contributed by atoms with E-state index in [1.54, 1.807) is 0 Å². The van der Waals surface area contributed by atoms with Gasteiger partial charge >= 0.3 is 39.5 Å². The summed E-state index contributed by atoms with van der Waals surface area (Å²) in [6.45, 7) is 14.0. The van der Waals surface area contributed by atoms with Crippen molar-refractivity contribution in [1.82, 2.24) is 0 Å². The van der Waals surface area contributed by atoms with Gasteiger partial charge in [0.2, 0.25) is 0 Å². The van der Waals surface area contributed by atoms with Gasteiger partial charge in [-0.15, -0.1) is 0 Å². The van der Waals surface area contributed by atoms with E-state index in [1.165, 1.54) is 154 Å². The van der Waals surface area contributed by atoms with Crippen LogP contribution < -0.4 is 0 Å². The lowest BCUT2D eigenvalue weighted by atomic mass is 10.0. The third-order valence-electron chi connectivity index (χ3n) is 16.6. The molecule has 0 aliphatic carbocycles. The number of hydrogen-bond acceptors (Lipinski definition) is 15. The Balaban J connectivity index is 5.18. The molecule has 91 heavy (non-hydrogen) atoms. The van der Waals surface area contributed by atoms with Crippen molar-refractivity contribution in [3.05, 3.63) is 0 Å². The fraction of sp³-hybridized carbons (Fsp3) is 0.944. The maximum Gasteiger partial charge on any atom is 0.472 e. The van der Waals surface area contributed by atoms with E-state index in [0.29, 0.717) is 37.5 Å². The Hall–Kier alpha value is -1.94. The van der Waals surface area contributed by atoms with E-state index < -0.39 is 97.5 Å². The first kappa shape index (κ1) is 89.1. The smallest absolute Gasteiger partial charge is 0.462 e. The van der Waals surface area contributed by atoms with Gasteiger partial charge in [-0.2, -0.15) is 0 Å². The van der Waals surface area contributed by atoms with E-state index in [0.717, 1.165) is 108 Å². The van der Waals surface area contributed by atoms with Gasteiger partial charge in [-0.1, -0.05) is 306 Å². The third-order valence-corrected chi connectivity index (χ3v) is 18.5. The number of esters is 4. The molecule has 0 aromatic rings. The van der Waals surface area contributed by atoms with Gasteiger partial charge in [-0.05, 0) is 49.4 Å². The summed E-state index contributed by atoms with van der Waals surface area (Å²) in [5, 5.41) is 10.6. The van der Waals surface area contributed by atoms with Crippen molar-refractivity contribution in [3.63, 3.8) is 0 Å². The van der Waals surface area contributed by atoms with Gasteiger partial charge in [-0.25, -0.2) is 9.13 Å². The van der Waals surface area contributed by atoms with Crippen molar-refractivity contribution >= 4 is 39.5 Å². The molecule has 0 saturated carbocycles. The molecule has 0 radical (unpaired) electrons. The Morgan fingerprint density at radius 2 is 0.462 bits per heavy atom. The fourth-order valence-electron chi connectivity index (χ4n) is 10.8. The molecule has 0 aliphatic heterocycles. The standard InChI is InChI=1S/C72H140O17P2/c1-62(2)48-40-32-24-19-15-13-11-9-10-12-14-16-22-28-38-46-54-71(76)88-67(58-83-70(75)53-45-37-29-23-26-34-42-50-64(5)6)60-86-90(78,79)84-56-66(73)57-85-91(80,81)87-61-68(89-72(77)55-47-39-31-30-35-43-51-65(7)8)59-82-69(74)52-44-36-27-21-18-17-20-25-33-41-49-63(3)4/h62-68,73H,9-61H2,1-8H3,(H,78,79)(H,80,81)/t66?,67-,68-/m1/s1. The first-order valence-electron chi connectivity index (χ1n) is 37.2. The second-order valence-electron chi connectivity index (χ2n) is 27.9. The summed E-state index contributed by atoms with van der Waals surface area (Å²) in [4.78, 5) is 72.5. The minimum atomic E-state index is -4.95. The van der Waals surface area contributed by atoms with Gasteiger partial charge in [0.05, 0.1) is 26.4 Å². The summed E-state index contributed by atoms with van der Waals surface area (Å²) in [5.41, 5.74) is 0. The monoisotopic (exact) mass is 1340 g/mol. The number of aliphatic hydroxyl groups excluding tert-OH is 1. The molecule has 0 spiro atoms. The van der Waals surface area contributed by atoms with Crippen LogP contribution in [-0.2, 0) is 65.4 Å². The van der Waals surface area contributed by atoms with Gasteiger partial charge < -0.3 is 33.8 Å². The minimum Gasteiger partial charge on any atom is -0.462 e. The van der Waals surface area contributed by atoms with Crippen molar-refractivity contribution in [3.8, 4) is 0 Å². The number of phosphoric acid groups is 2. The van der Waals surface area contributed by atoms with Crippen LogP contribution in [0.3, 0.4) is 0 Å². The Bertz CT molecular complexity index is 1800. The molecule has 17 nitrogen and oxygen atoms in total. The molecule has 0 amide bonds. The Labute approximate surface area is 556 Å². The Morgan fingerprint density at radius 3 is 0.681 bits per heavy atom. The Kier molecular flexibility index (Phi) is 60.3. The average Bonchev–Trinajstić information content (AvgIpc) is 3.63. The number of carbonyl (C=O) groups excluding carboxylic acids is 4. The van der Waals surface area contributed by atoms with Crippen molar-refractivity contribution in [2.45, 2.75) is 375 Å². The van der Waals surface area contributed by atoms with Crippen molar-refractivity contribution < 1.29 is 80.2 Å². The summed E-state index contributed by atoms with van der Waals surface area (Å²) >= 11 is 0. The first-order valence-corrected chi connectivity index (χ1v) is 40.2. The van der Waals surface area contributed by atoms with E-state index >= 15 is 0 Å². The molecule has 0 aliphatic rings. The fourth-order valence-corrected chi connectivity index (χ4v) is 12.4. The second-order valence-corrected chi connectivity index (χ2v) is 30.8. The normalized spacial score (nSPS) is 14.2. The third kappa shape index (κ3) is 66.5. The lowest BCUT2D eigenvalue weighted by Gasteiger charge is -2.21. The molecule has 0 aromatic carbocycles. The minimum absolute atomic E-state index is 0.101. The topological polar surface area (TPSA) is 237 Å². The van der Waals surface area contributed by atoms with Gasteiger partial charge in [0.25, 0.3) is 0 Å². The zero-order valence-corrected chi connectivity index (χ0v) is 61.3. The van der Waals surface area contributed by atoms with Gasteiger partial charge in [0.1, 0.15) is 19.3 Å². The maximum absolute atomic E-state index is 13.0. The quantitative estimate of drug-likeness (QED) is 0.0222. The molecule has 0 bridgehead atoms. The lowest BCUT2D eigenvalue weighted by Crippen LogP contribution is -2.30. The predicted molar refractivity (Wildman–Crippen MR) is 367 cm³/mol. The van der Waals surface area contributed by atoms with E-state index in [2.05, 4.69) is 55.4 Å². The highest BCUT2D eigenvalue weighted by Gasteiger charge is 2.30. The largest absolute Gasteiger partial charge is 0.472 e. The molecule has 5 atom stereocenters. The summed E-state index contributed by atoms with van der Waals surface area (Å²) < 4.78 is 68.3. The second kappa shape index (κ2) is 61.6. The highest BCUT2D eigenvalue weighted by molar-refractivity contribution is 7.47. The molecule has 0 fully saturated rings. The zero-order valence-electron chi connectivity index (χ0n) is 59.5. The van der Waals surface area contributed by atoms with Crippen LogP contribution in [0.2, 0.25) is 0 Å².